The molecule has 0 unspecified atom stereocenters. The first-order chi connectivity index (χ1) is 9.06. The molecule has 19 heavy (non-hydrogen) atoms. The lowest BCUT2D eigenvalue weighted by atomic mass is 10.1. The maximum absolute atomic E-state index is 13.3. The van der Waals surface area contributed by atoms with Crippen LogP contribution in [-0.4, -0.2) is 5.91 Å². The van der Waals surface area contributed by atoms with Crippen molar-refractivity contribution in [2.24, 2.45) is 0 Å². The Morgan fingerprint density at radius 1 is 1.05 bits per heavy atom. The third-order valence-electron chi connectivity index (χ3n) is 2.51. The Labute approximate surface area is 117 Å². The fraction of sp³-hybridized carbons (Fsp3) is 0.0714. The molecule has 2 nitrogen and oxygen atoms in total. The van der Waals surface area contributed by atoms with Crippen molar-refractivity contribution in [3.05, 3.63) is 64.1 Å². The van der Waals surface area contributed by atoms with E-state index < -0.39 is 23.2 Å². The highest BCUT2D eigenvalue weighted by Gasteiger charge is 2.12. The summed E-state index contributed by atoms with van der Waals surface area (Å²) < 4.78 is 27.6. The molecule has 0 bridgehead atoms. The van der Waals surface area contributed by atoms with E-state index in [1.54, 1.807) is 24.3 Å². The lowest BCUT2D eigenvalue weighted by molar-refractivity contribution is -0.115. The highest BCUT2D eigenvalue weighted by atomic mass is 79.9. The summed E-state index contributed by atoms with van der Waals surface area (Å²) in [6.45, 7) is 0. The van der Waals surface area contributed by atoms with Gasteiger partial charge in [0.2, 0.25) is 5.91 Å². The fourth-order valence-corrected chi connectivity index (χ4v) is 1.85. The zero-order chi connectivity index (χ0) is 13.8. The molecule has 98 valence electrons. The highest BCUT2D eigenvalue weighted by Crippen LogP contribution is 2.18. The Balaban J connectivity index is 2.07. The molecule has 0 aliphatic heterocycles. The number of anilines is 1. The van der Waals surface area contributed by atoms with Crippen LogP contribution in [0.25, 0.3) is 0 Å². The Morgan fingerprint density at radius 2 is 1.63 bits per heavy atom. The van der Waals surface area contributed by atoms with Gasteiger partial charge in [0, 0.05) is 4.47 Å². The molecule has 0 saturated carbocycles. The SMILES string of the molecule is O=C(Cc1ccc(Br)cc1)Nc1c(F)cccc1F. The zero-order valence-corrected chi connectivity index (χ0v) is 11.4. The normalized spacial score (nSPS) is 10.3. The van der Waals surface area contributed by atoms with Crippen molar-refractivity contribution in [3.8, 4) is 0 Å². The molecule has 2 rings (SSSR count). The van der Waals surface area contributed by atoms with Crippen molar-refractivity contribution >= 4 is 27.5 Å². The predicted molar refractivity (Wildman–Crippen MR) is 72.8 cm³/mol. The monoisotopic (exact) mass is 325 g/mol. The van der Waals surface area contributed by atoms with Crippen molar-refractivity contribution in [1.29, 1.82) is 0 Å². The first-order valence-electron chi connectivity index (χ1n) is 5.54. The van der Waals surface area contributed by atoms with Gasteiger partial charge in [-0.05, 0) is 29.8 Å². The van der Waals surface area contributed by atoms with Crippen LogP contribution in [0.1, 0.15) is 5.56 Å². The molecule has 0 aromatic heterocycles. The summed E-state index contributed by atoms with van der Waals surface area (Å²) in [6.07, 6.45) is 0.0566. The highest BCUT2D eigenvalue weighted by molar-refractivity contribution is 9.10. The van der Waals surface area contributed by atoms with Gasteiger partial charge in [0.1, 0.15) is 17.3 Å². The van der Waals surface area contributed by atoms with E-state index in [2.05, 4.69) is 21.2 Å². The molecule has 2 aromatic carbocycles. The second-order valence-electron chi connectivity index (χ2n) is 3.95. The van der Waals surface area contributed by atoms with Gasteiger partial charge < -0.3 is 5.32 Å². The Morgan fingerprint density at radius 3 is 2.21 bits per heavy atom. The number of carbonyl (C=O) groups is 1. The molecule has 0 spiro atoms. The standard InChI is InChI=1S/C14H10BrF2NO/c15-10-6-4-9(5-7-10)8-13(19)18-14-11(16)2-1-3-12(14)17/h1-7H,8H2,(H,18,19). The summed E-state index contributed by atoms with van der Waals surface area (Å²) in [5, 5.41) is 2.24. The van der Waals surface area contributed by atoms with Gasteiger partial charge in [-0.3, -0.25) is 4.79 Å². The van der Waals surface area contributed by atoms with E-state index in [0.29, 0.717) is 0 Å². The number of rotatable bonds is 3. The van der Waals surface area contributed by atoms with Crippen LogP contribution in [-0.2, 0) is 11.2 Å². The molecule has 0 atom stereocenters. The van der Waals surface area contributed by atoms with Gasteiger partial charge in [-0.2, -0.15) is 0 Å². The van der Waals surface area contributed by atoms with Crippen molar-refractivity contribution in [3.63, 3.8) is 0 Å². The predicted octanol–water partition coefficient (Wildman–Crippen LogP) is 3.91. The smallest absolute Gasteiger partial charge is 0.228 e. The molecule has 1 amide bonds. The Kier molecular flexibility index (Phi) is 4.27. The Hall–Kier alpha value is -1.75. The number of benzene rings is 2. The minimum atomic E-state index is -0.788. The first kappa shape index (κ1) is 13.7. The van der Waals surface area contributed by atoms with Crippen LogP contribution in [0.3, 0.4) is 0 Å². The molecule has 0 heterocycles. The van der Waals surface area contributed by atoms with Gasteiger partial charge in [0.25, 0.3) is 0 Å². The summed E-state index contributed by atoms with van der Waals surface area (Å²) in [7, 11) is 0. The maximum atomic E-state index is 13.3. The molecule has 0 aliphatic rings. The van der Waals surface area contributed by atoms with Gasteiger partial charge in [0.15, 0.2) is 0 Å². The van der Waals surface area contributed by atoms with Crippen LogP contribution < -0.4 is 5.32 Å². The Bertz CT molecular complexity index is 579. The van der Waals surface area contributed by atoms with E-state index >= 15 is 0 Å². The van der Waals surface area contributed by atoms with Gasteiger partial charge in [0.05, 0.1) is 6.42 Å². The lowest BCUT2D eigenvalue weighted by Gasteiger charge is -2.07. The summed E-state index contributed by atoms with van der Waals surface area (Å²) in [5.74, 6) is -2.04. The van der Waals surface area contributed by atoms with Crippen molar-refractivity contribution in [2.75, 3.05) is 5.32 Å². The van der Waals surface area contributed by atoms with Crippen molar-refractivity contribution in [1.82, 2.24) is 0 Å². The molecule has 0 aliphatic carbocycles. The number of nitrogens with one attached hydrogen (secondary N) is 1. The van der Waals surface area contributed by atoms with Gasteiger partial charge in [-0.15, -0.1) is 0 Å². The fourth-order valence-electron chi connectivity index (χ4n) is 1.59. The maximum Gasteiger partial charge on any atom is 0.228 e. The van der Waals surface area contributed by atoms with E-state index in [1.165, 1.54) is 6.07 Å². The zero-order valence-electron chi connectivity index (χ0n) is 9.79. The summed E-state index contributed by atoms with van der Waals surface area (Å²) in [6, 6.07) is 10.6. The third kappa shape index (κ3) is 3.61. The van der Waals surface area contributed by atoms with Gasteiger partial charge in [-0.1, -0.05) is 34.1 Å². The summed E-state index contributed by atoms with van der Waals surface area (Å²) in [5.41, 5.74) is 0.349. The van der Waals surface area contributed by atoms with Crippen LogP contribution in [0.2, 0.25) is 0 Å². The minimum Gasteiger partial charge on any atom is -0.321 e. The molecule has 5 heteroatoms. The largest absolute Gasteiger partial charge is 0.321 e. The van der Waals surface area contributed by atoms with Gasteiger partial charge >= 0.3 is 0 Å². The molecule has 0 fully saturated rings. The number of halogens is 3. The number of carbonyl (C=O) groups excluding carboxylic acids is 1. The number of amides is 1. The summed E-state index contributed by atoms with van der Waals surface area (Å²) >= 11 is 3.28. The van der Waals surface area contributed by atoms with E-state index in [0.717, 1.165) is 22.2 Å². The van der Waals surface area contributed by atoms with Crippen LogP contribution in [0.4, 0.5) is 14.5 Å². The molecule has 2 aromatic rings. The topological polar surface area (TPSA) is 29.1 Å². The minimum absolute atomic E-state index is 0.0566. The second-order valence-corrected chi connectivity index (χ2v) is 4.86. The molecule has 0 saturated heterocycles. The average molecular weight is 326 g/mol. The third-order valence-corrected chi connectivity index (χ3v) is 3.03. The van der Waals surface area contributed by atoms with E-state index in [4.69, 9.17) is 0 Å². The van der Waals surface area contributed by atoms with Gasteiger partial charge in [-0.25, -0.2) is 8.78 Å². The number of para-hydroxylation sites is 1. The molecule has 1 N–H and O–H groups in total. The molecule has 0 radical (unpaired) electrons. The average Bonchev–Trinajstić information content (AvgIpc) is 2.37. The van der Waals surface area contributed by atoms with Crippen LogP contribution >= 0.6 is 15.9 Å². The van der Waals surface area contributed by atoms with E-state index in [-0.39, 0.29) is 6.42 Å². The quantitative estimate of drug-likeness (QED) is 0.910. The lowest BCUT2D eigenvalue weighted by Crippen LogP contribution is -2.16. The summed E-state index contributed by atoms with van der Waals surface area (Å²) in [4.78, 5) is 11.7. The van der Waals surface area contributed by atoms with Crippen LogP contribution in [0.15, 0.2) is 46.9 Å². The number of hydrogen-bond donors (Lipinski definition) is 1. The van der Waals surface area contributed by atoms with Crippen molar-refractivity contribution < 1.29 is 13.6 Å². The second kappa shape index (κ2) is 5.93. The van der Waals surface area contributed by atoms with E-state index in [1.807, 2.05) is 0 Å². The van der Waals surface area contributed by atoms with Crippen LogP contribution in [0.5, 0.6) is 0 Å². The first-order valence-corrected chi connectivity index (χ1v) is 6.34. The van der Waals surface area contributed by atoms with Crippen molar-refractivity contribution in [2.45, 2.75) is 6.42 Å². The van der Waals surface area contributed by atoms with E-state index in [9.17, 15) is 13.6 Å². The molecular formula is C14H10BrF2NO. The van der Waals surface area contributed by atoms with Crippen LogP contribution in [0, 0.1) is 11.6 Å². The molecular weight excluding hydrogens is 316 g/mol. The number of hydrogen-bond acceptors (Lipinski definition) is 1.